The Morgan fingerprint density at radius 2 is 1.67 bits per heavy atom. The van der Waals surface area contributed by atoms with E-state index in [4.69, 9.17) is 32.7 Å². The number of halogens is 2. The topological polar surface area (TPSA) is 30.5 Å². The monoisotopic (exact) mass is 323 g/mol. The predicted octanol–water partition coefficient (Wildman–Crippen LogP) is 4.77. The van der Waals surface area contributed by atoms with Crippen molar-refractivity contribution < 1.29 is 9.47 Å². The number of nitrogens with one attached hydrogen (secondary N) is 1. The van der Waals surface area contributed by atoms with Crippen LogP contribution in [0.5, 0.6) is 11.5 Å². The van der Waals surface area contributed by atoms with Crippen LogP contribution < -0.4 is 14.8 Å². The maximum Gasteiger partial charge on any atom is 0.166 e. The maximum absolute atomic E-state index is 6.16. The smallest absolute Gasteiger partial charge is 0.166 e. The SMILES string of the molecule is Clc1cccc(Cl)c1NCc1cccc2c1OCCCO2. The normalized spacial score (nSPS) is 13.6. The Morgan fingerprint density at radius 1 is 0.952 bits per heavy atom. The molecule has 0 aliphatic carbocycles. The molecule has 0 aromatic heterocycles. The molecule has 1 N–H and O–H groups in total. The molecule has 2 aromatic carbocycles. The summed E-state index contributed by atoms with van der Waals surface area (Å²) in [6.45, 7) is 1.91. The van der Waals surface area contributed by atoms with Gasteiger partial charge >= 0.3 is 0 Å². The van der Waals surface area contributed by atoms with Crippen LogP contribution in [0.2, 0.25) is 10.0 Å². The molecule has 5 heteroatoms. The lowest BCUT2D eigenvalue weighted by Gasteiger charge is -2.15. The molecule has 3 nitrogen and oxygen atoms in total. The Labute approximate surface area is 133 Å². The Bertz CT molecular complexity index is 626. The molecule has 0 spiro atoms. The van der Waals surface area contributed by atoms with Crippen molar-refractivity contribution in [2.24, 2.45) is 0 Å². The number of rotatable bonds is 3. The molecule has 21 heavy (non-hydrogen) atoms. The summed E-state index contributed by atoms with van der Waals surface area (Å²) >= 11 is 12.3. The van der Waals surface area contributed by atoms with Gasteiger partial charge in [0.15, 0.2) is 11.5 Å². The van der Waals surface area contributed by atoms with Crippen LogP contribution in [-0.2, 0) is 6.54 Å². The zero-order valence-electron chi connectivity index (χ0n) is 11.4. The van der Waals surface area contributed by atoms with Gasteiger partial charge in [-0.15, -0.1) is 0 Å². The van der Waals surface area contributed by atoms with Gasteiger partial charge in [0.25, 0.3) is 0 Å². The number of hydrogen-bond donors (Lipinski definition) is 1. The van der Waals surface area contributed by atoms with Gasteiger partial charge in [0.05, 0.1) is 28.9 Å². The van der Waals surface area contributed by atoms with E-state index in [9.17, 15) is 0 Å². The fraction of sp³-hybridized carbons (Fsp3) is 0.250. The van der Waals surface area contributed by atoms with Crippen molar-refractivity contribution >= 4 is 28.9 Å². The highest BCUT2D eigenvalue weighted by atomic mass is 35.5. The number of anilines is 1. The summed E-state index contributed by atoms with van der Waals surface area (Å²) in [5, 5.41) is 4.47. The van der Waals surface area contributed by atoms with Crippen molar-refractivity contribution in [2.45, 2.75) is 13.0 Å². The summed E-state index contributed by atoms with van der Waals surface area (Å²) in [6, 6.07) is 11.3. The molecular weight excluding hydrogens is 309 g/mol. The van der Waals surface area contributed by atoms with Gasteiger partial charge in [-0.05, 0) is 18.2 Å². The van der Waals surface area contributed by atoms with Gasteiger partial charge in [-0.25, -0.2) is 0 Å². The minimum atomic E-state index is 0.565. The third kappa shape index (κ3) is 3.20. The van der Waals surface area contributed by atoms with E-state index in [2.05, 4.69) is 5.32 Å². The van der Waals surface area contributed by atoms with Crippen LogP contribution in [0.4, 0.5) is 5.69 Å². The van der Waals surface area contributed by atoms with Crippen molar-refractivity contribution in [3.05, 3.63) is 52.0 Å². The highest BCUT2D eigenvalue weighted by Crippen LogP contribution is 2.35. The van der Waals surface area contributed by atoms with Crippen LogP contribution in [0.15, 0.2) is 36.4 Å². The lowest BCUT2D eigenvalue weighted by molar-refractivity contribution is 0.296. The van der Waals surface area contributed by atoms with E-state index < -0.39 is 0 Å². The number of fused-ring (bicyclic) bond motifs is 1. The van der Waals surface area contributed by atoms with E-state index in [1.807, 2.05) is 24.3 Å². The molecule has 1 heterocycles. The zero-order chi connectivity index (χ0) is 14.7. The Kier molecular flexibility index (Phi) is 4.42. The largest absolute Gasteiger partial charge is 0.490 e. The molecule has 0 saturated carbocycles. The van der Waals surface area contributed by atoms with Crippen LogP contribution in [0, 0.1) is 0 Å². The van der Waals surface area contributed by atoms with Crippen molar-refractivity contribution in [1.29, 1.82) is 0 Å². The number of hydrogen-bond acceptors (Lipinski definition) is 3. The van der Waals surface area contributed by atoms with E-state index >= 15 is 0 Å². The van der Waals surface area contributed by atoms with Crippen molar-refractivity contribution in [3.63, 3.8) is 0 Å². The second-order valence-corrected chi connectivity index (χ2v) is 5.56. The maximum atomic E-state index is 6.16. The van der Waals surface area contributed by atoms with Gasteiger partial charge in [0.2, 0.25) is 0 Å². The van der Waals surface area contributed by atoms with Gasteiger partial charge < -0.3 is 14.8 Å². The van der Waals surface area contributed by atoms with E-state index in [0.29, 0.717) is 29.8 Å². The molecule has 0 saturated heterocycles. The minimum absolute atomic E-state index is 0.565. The van der Waals surface area contributed by atoms with E-state index in [1.165, 1.54) is 0 Å². The van der Waals surface area contributed by atoms with Crippen molar-refractivity contribution in [1.82, 2.24) is 0 Å². The third-order valence-corrected chi connectivity index (χ3v) is 3.90. The van der Waals surface area contributed by atoms with Crippen LogP contribution in [0.25, 0.3) is 0 Å². The highest BCUT2D eigenvalue weighted by molar-refractivity contribution is 6.39. The number of para-hydroxylation sites is 2. The predicted molar refractivity (Wildman–Crippen MR) is 85.8 cm³/mol. The van der Waals surface area contributed by atoms with E-state index in [0.717, 1.165) is 29.2 Å². The summed E-state index contributed by atoms with van der Waals surface area (Å²) < 4.78 is 11.5. The van der Waals surface area contributed by atoms with Gasteiger partial charge in [-0.1, -0.05) is 41.4 Å². The summed E-state index contributed by atoms with van der Waals surface area (Å²) in [5.74, 6) is 1.59. The molecular formula is C16H15Cl2NO2. The molecule has 0 atom stereocenters. The first kappa shape index (κ1) is 14.4. The van der Waals surface area contributed by atoms with Crippen LogP contribution in [0.3, 0.4) is 0 Å². The number of benzene rings is 2. The van der Waals surface area contributed by atoms with Crippen LogP contribution in [0.1, 0.15) is 12.0 Å². The quantitative estimate of drug-likeness (QED) is 0.882. The molecule has 0 amide bonds. The fourth-order valence-electron chi connectivity index (χ4n) is 2.24. The molecule has 1 aliphatic heterocycles. The molecule has 0 bridgehead atoms. The second kappa shape index (κ2) is 6.46. The minimum Gasteiger partial charge on any atom is -0.490 e. The first-order valence-electron chi connectivity index (χ1n) is 6.81. The Hall–Kier alpha value is -1.58. The second-order valence-electron chi connectivity index (χ2n) is 4.75. The lowest BCUT2D eigenvalue weighted by atomic mass is 10.1. The van der Waals surface area contributed by atoms with E-state index in [1.54, 1.807) is 12.1 Å². The molecule has 1 aliphatic rings. The average molecular weight is 324 g/mol. The van der Waals surface area contributed by atoms with Gasteiger partial charge in [-0.3, -0.25) is 0 Å². The first-order valence-corrected chi connectivity index (χ1v) is 7.56. The average Bonchev–Trinajstić information content (AvgIpc) is 2.72. The van der Waals surface area contributed by atoms with Crippen molar-refractivity contribution in [3.8, 4) is 11.5 Å². The highest BCUT2D eigenvalue weighted by Gasteiger charge is 2.15. The van der Waals surface area contributed by atoms with E-state index in [-0.39, 0.29) is 0 Å². The van der Waals surface area contributed by atoms with Crippen LogP contribution in [-0.4, -0.2) is 13.2 Å². The molecule has 0 fully saturated rings. The van der Waals surface area contributed by atoms with Crippen LogP contribution >= 0.6 is 23.2 Å². The summed E-state index contributed by atoms with van der Waals surface area (Å²) in [7, 11) is 0. The zero-order valence-corrected chi connectivity index (χ0v) is 12.9. The third-order valence-electron chi connectivity index (χ3n) is 3.27. The van der Waals surface area contributed by atoms with Gasteiger partial charge in [0, 0.05) is 18.5 Å². The summed E-state index contributed by atoms with van der Waals surface area (Å²) in [6.07, 6.45) is 0.887. The number of ether oxygens (including phenoxy) is 2. The summed E-state index contributed by atoms with van der Waals surface area (Å²) in [4.78, 5) is 0. The Morgan fingerprint density at radius 3 is 2.48 bits per heavy atom. The summed E-state index contributed by atoms with van der Waals surface area (Å²) in [5.41, 5.74) is 1.75. The first-order chi connectivity index (χ1) is 10.3. The van der Waals surface area contributed by atoms with Crippen molar-refractivity contribution in [2.75, 3.05) is 18.5 Å². The Balaban J connectivity index is 1.83. The molecule has 110 valence electrons. The van der Waals surface area contributed by atoms with Gasteiger partial charge in [0.1, 0.15) is 0 Å². The molecule has 2 aromatic rings. The molecule has 3 rings (SSSR count). The standard InChI is InChI=1S/C16H15Cl2NO2/c17-12-5-2-6-13(18)15(12)19-10-11-4-1-7-14-16(11)21-9-3-8-20-14/h1-2,4-7,19H,3,8-10H2. The molecule has 0 unspecified atom stereocenters. The fourth-order valence-corrected chi connectivity index (χ4v) is 2.77. The van der Waals surface area contributed by atoms with Gasteiger partial charge in [-0.2, -0.15) is 0 Å². The molecule has 0 radical (unpaired) electrons. The lowest BCUT2D eigenvalue weighted by Crippen LogP contribution is -2.04.